The number of ether oxygens (including phenoxy) is 2. The van der Waals surface area contributed by atoms with Crippen LogP contribution in [0.5, 0.6) is 5.75 Å². The van der Waals surface area contributed by atoms with E-state index in [-0.39, 0.29) is 12.7 Å². The fraction of sp³-hybridized carbons (Fsp3) is 0.538. The fourth-order valence-electron chi connectivity index (χ4n) is 2.03. The van der Waals surface area contributed by atoms with Gasteiger partial charge in [-0.15, -0.1) is 0 Å². The van der Waals surface area contributed by atoms with E-state index in [1.807, 2.05) is 6.92 Å². The van der Waals surface area contributed by atoms with Gasteiger partial charge in [0.1, 0.15) is 24.6 Å². The zero-order chi connectivity index (χ0) is 14.0. The summed E-state index contributed by atoms with van der Waals surface area (Å²) in [5.41, 5.74) is 1.50. The first-order chi connectivity index (χ1) is 8.85. The third kappa shape index (κ3) is 3.84. The summed E-state index contributed by atoms with van der Waals surface area (Å²) in [7, 11) is 0. The zero-order valence-corrected chi connectivity index (χ0v) is 10.4. The SMILES string of the molecule is CC1Cc2cc(C(O)COCC(F)(F)F)ccc2O1. The summed E-state index contributed by atoms with van der Waals surface area (Å²) < 4.78 is 45.7. The fourth-order valence-corrected chi connectivity index (χ4v) is 2.03. The molecule has 0 fully saturated rings. The van der Waals surface area contributed by atoms with Gasteiger partial charge in [0.05, 0.1) is 6.61 Å². The molecule has 106 valence electrons. The van der Waals surface area contributed by atoms with E-state index in [2.05, 4.69) is 4.74 Å². The summed E-state index contributed by atoms with van der Waals surface area (Å²) in [6.45, 7) is 0.201. The molecule has 1 heterocycles. The van der Waals surface area contributed by atoms with Crippen molar-refractivity contribution in [3.8, 4) is 5.75 Å². The van der Waals surface area contributed by atoms with Gasteiger partial charge in [-0.05, 0) is 30.2 Å². The van der Waals surface area contributed by atoms with Crippen LogP contribution >= 0.6 is 0 Å². The molecule has 0 aromatic heterocycles. The van der Waals surface area contributed by atoms with Gasteiger partial charge in [0.2, 0.25) is 0 Å². The standard InChI is InChI=1S/C13H15F3O3/c1-8-4-10-5-9(2-3-12(10)19-8)11(17)6-18-7-13(14,15)16/h2-3,5,8,11,17H,4,6-7H2,1H3. The Morgan fingerprint density at radius 2 is 2.21 bits per heavy atom. The maximum atomic E-state index is 11.9. The third-order valence-electron chi connectivity index (χ3n) is 2.85. The number of hydrogen-bond donors (Lipinski definition) is 1. The molecule has 2 unspecified atom stereocenters. The second kappa shape index (κ2) is 5.38. The molecule has 0 radical (unpaired) electrons. The highest BCUT2D eigenvalue weighted by Crippen LogP contribution is 2.31. The molecule has 1 aliphatic rings. The van der Waals surface area contributed by atoms with Crippen molar-refractivity contribution in [2.24, 2.45) is 0 Å². The van der Waals surface area contributed by atoms with Crippen LogP contribution in [0.4, 0.5) is 13.2 Å². The van der Waals surface area contributed by atoms with Crippen molar-refractivity contribution in [2.45, 2.75) is 31.7 Å². The van der Waals surface area contributed by atoms with Crippen molar-refractivity contribution in [1.82, 2.24) is 0 Å². The average molecular weight is 276 g/mol. The number of halogens is 3. The second-order valence-corrected chi connectivity index (χ2v) is 4.65. The van der Waals surface area contributed by atoms with E-state index in [4.69, 9.17) is 4.74 Å². The van der Waals surface area contributed by atoms with E-state index in [1.165, 1.54) is 0 Å². The van der Waals surface area contributed by atoms with Crippen molar-refractivity contribution < 1.29 is 27.8 Å². The summed E-state index contributed by atoms with van der Waals surface area (Å²) >= 11 is 0. The highest BCUT2D eigenvalue weighted by molar-refractivity contribution is 5.41. The van der Waals surface area contributed by atoms with Crippen LogP contribution in [0.2, 0.25) is 0 Å². The van der Waals surface area contributed by atoms with Gasteiger partial charge in [-0.25, -0.2) is 0 Å². The number of benzene rings is 1. The molecule has 1 aromatic carbocycles. The van der Waals surface area contributed by atoms with Gasteiger partial charge < -0.3 is 14.6 Å². The molecule has 0 saturated carbocycles. The van der Waals surface area contributed by atoms with Crippen molar-refractivity contribution in [3.05, 3.63) is 29.3 Å². The van der Waals surface area contributed by atoms with Crippen molar-refractivity contribution >= 4 is 0 Å². The summed E-state index contributed by atoms with van der Waals surface area (Å²) in [5, 5.41) is 9.78. The van der Waals surface area contributed by atoms with Crippen LogP contribution in [0.1, 0.15) is 24.2 Å². The molecule has 3 nitrogen and oxygen atoms in total. The Morgan fingerprint density at radius 3 is 2.89 bits per heavy atom. The van der Waals surface area contributed by atoms with Crippen LogP contribution < -0.4 is 4.74 Å². The summed E-state index contributed by atoms with van der Waals surface area (Å²) in [5.74, 6) is 0.764. The lowest BCUT2D eigenvalue weighted by Gasteiger charge is -2.13. The Labute approximate surface area is 108 Å². The molecule has 1 aromatic rings. The highest BCUT2D eigenvalue weighted by Gasteiger charge is 2.28. The largest absolute Gasteiger partial charge is 0.490 e. The lowest BCUT2D eigenvalue weighted by Crippen LogP contribution is -2.19. The molecule has 6 heteroatoms. The number of aliphatic hydroxyl groups is 1. The Bertz CT molecular complexity index is 445. The lowest BCUT2D eigenvalue weighted by atomic mass is 10.0. The van der Waals surface area contributed by atoms with Gasteiger partial charge in [-0.1, -0.05) is 6.07 Å². The zero-order valence-electron chi connectivity index (χ0n) is 10.4. The van der Waals surface area contributed by atoms with E-state index in [0.29, 0.717) is 5.56 Å². The first-order valence-corrected chi connectivity index (χ1v) is 5.97. The van der Waals surface area contributed by atoms with E-state index in [1.54, 1.807) is 18.2 Å². The molecule has 1 N–H and O–H groups in total. The minimum absolute atomic E-state index is 0.0869. The molecule has 1 aliphatic heterocycles. The van der Waals surface area contributed by atoms with Crippen molar-refractivity contribution in [3.63, 3.8) is 0 Å². The summed E-state index contributed by atoms with van der Waals surface area (Å²) in [4.78, 5) is 0. The lowest BCUT2D eigenvalue weighted by molar-refractivity contribution is -0.179. The van der Waals surface area contributed by atoms with Crippen molar-refractivity contribution in [1.29, 1.82) is 0 Å². The van der Waals surface area contributed by atoms with Crippen LogP contribution in [0.3, 0.4) is 0 Å². The predicted octanol–water partition coefficient (Wildman–Crippen LogP) is 2.62. The predicted molar refractivity (Wildman–Crippen MR) is 62.1 cm³/mol. The summed E-state index contributed by atoms with van der Waals surface area (Å²) in [6.07, 6.45) is -4.62. The Morgan fingerprint density at radius 1 is 1.47 bits per heavy atom. The number of rotatable bonds is 4. The quantitative estimate of drug-likeness (QED) is 0.918. The molecule has 19 heavy (non-hydrogen) atoms. The van der Waals surface area contributed by atoms with E-state index in [0.717, 1.165) is 17.7 Å². The van der Waals surface area contributed by atoms with Crippen LogP contribution in [0.25, 0.3) is 0 Å². The van der Waals surface area contributed by atoms with E-state index in [9.17, 15) is 18.3 Å². The number of fused-ring (bicyclic) bond motifs is 1. The Hall–Kier alpha value is -1.27. The highest BCUT2D eigenvalue weighted by atomic mass is 19.4. The Balaban J connectivity index is 1.93. The monoisotopic (exact) mass is 276 g/mol. The second-order valence-electron chi connectivity index (χ2n) is 4.65. The van der Waals surface area contributed by atoms with E-state index >= 15 is 0 Å². The number of aliphatic hydroxyl groups excluding tert-OH is 1. The maximum absolute atomic E-state index is 11.9. The van der Waals surface area contributed by atoms with Crippen molar-refractivity contribution in [2.75, 3.05) is 13.2 Å². The number of hydrogen-bond acceptors (Lipinski definition) is 3. The summed E-state index contributed by atoms with van der Waals surface area (Å²) in [6, 6.07) is 5.11. The van der Waals surface area contributed by atoms with E-state index < -0.39 is 18.9 Å². The van der Waals surface area contributed by atoms with Gasteiger partial charge >= 0.3 is 6.18 Å². The molecule has 2 atom stereocenters. The third-order valence-corrected chi connectivity index (χ3v) is 2.85. The van der Waals surface area contributed by atoms with Crippen LogP contribution in [0.15, 0.2) is 18.2 Å². The minimum atomic E-state index is -4.37. The molecular formula is C13H15F3O3. The van der Waals surface area contributed by atoms with Gasteiger partial charge in [0, 0.05) is 6.42 Å². The first-order valence-electron chi connectivity index (χ1n) is 5.97. The number of alkyl halides is 3. The molecule has 0 aliphatic carbocycles. The Kier molecular flexibility index (Phi) is 4.01. The van der Waals surface area contributed by atoms with Gasteiger partial charge in [0.25, 0.3) is 0 Å². The molecular weight excluding hydrogens is 261 g/mol. The minimum Gasteiger partial charge on any atom is -0.490 e. The van der Waals surface area contributed by atoms with Crippen LogP contribution in [-0.2, 0) is 11.2 Å². The van der Waals surface area contributed by atoms with Gasteiger partial charge in [-0.2, -0.15) is 13.2 Å². The van der Waals surface area contributed by atoms with Crippen LogP contribution in [-0.4, -0.2) is 30.6 Å². The smallest absolute Gasteiger partial charge is 0.411 e. The topological polar surface area (TPSA) is 38.7 Å². The van der Waals surface area contributed by atoms with Gasteiger partial charge in [-0.3, -0.25) is 0 Å². The maximum Gasteiger partial charge on any atom is 0.411 e. The van der Waals surface area contributed by atoms with Crippen LogP contribution in [0, 0.1) is 0 Å². The molecule has 0 amide bonds. The van der Waals surface area contributed by atoms with Gasteiger partial charge in [0.15, 0.2) is 0 Å². The average Bonchev–Trinajstić information content (AvgIpc) is 2.65. The molecule has 0 bridgehead atoms. The molecule has 0 spiro atoms. The normalized spacial score (nSPS) is 19.9. The molecule has 2 rings (SSSR count). The molecule has 0 saturated heterocycles. The first kappa shape index (κ1) is 14.1.